The molecular formula is C24H33ClN2O. The molecule has 0 aliphatic heterocycles. The largest absolute Gasteiger partial charge is 0.494 e. The molecule has 1 aromatic carbocycles. The summed E-state index contributed by atoms with van der Waals surface area (Å²) >= 11 is 5.88. The van der Waals surface area contributed by atoms with Crippen molar-refractivity contribution in [2.24, 2.45) is 11.8 Å². The lowest BCUT2D eigenvalue weighted by Crippen LogP contribution is -2.15. The maximum atomic E-state index is 5.88. The summed E-state index contributed by atoms with van der Waals surface area (Å²) < 4.78 is 5.72. The van der Waals surface area contributed by atoms with E-state index in [1.54, 1.807) is 0 Å². The van der Waals surface area contributed by atoms with Crippen LogP contribution < -0.4 is 4.74 Å². The van der Waals surface area contributed by atoms with E-state index in [4.69, 9.17) is 16.3 Å². The zero-order chi connectivity index (χ0) is 19.6. The highest BCUT2D eigenvalue weighted by Gasteiger charge is 2.20. The van der Waals surface area contributed by atoms with Gasteiger partial charge in [-0.3, -0.25) is 0 Å². The maximum Gasteiger partial charge on any atom is 0.119 e. The number of unbranched alkanes of at least 4 members (excludes halogenated alkanes) is 1. The molecule has 0 bridgehead atoms. The maximum absolute atomic E-state index is 5.88. The van der Waals surface area contributed by atoms with E-state index in [1.807, 2.05) is 12.1 Å². The molecule has 1 aromatic heterocycles. The van der Waals surface area contributed by atoms with Crippen LogP contribution in [0, 0.1) is 11.8 Å². The fourth-order valence-electron chi connectivity index (χ4n) is 4.02. The fraction of sp³-hybridized carbons (Fsp3) is 0.583. The molecule has 28 heavy (non-hydrogen) atoms. The van der Waals surface area contributed by atoms with Crippen LogP contribution in [0.25, 0.3) is 11.3 Å². The molecule has 0 saturated heterocycles. The van der Waals surface area contributed by atoms with E-state index in [-0.39, 0.29) is 0 Å². The number of aromatic nitrogens is 2. The average molecular weight is 401 g/mol. The molecule has 1 heterocycles. The molecule has 3 nitrogen and oxygen atoms in total. The van der Waals surface area contributed by atoms with E-state index < -0.39 is 0 Å². The molecule has 1 fully saturated rings. The van der Waals surface area contributed by atoms with Gasteiger partial charge < -0.3 is 4.74 Å². The summed E-state index contributed by atoms with van der Waals surface area (Å²) in [6.45, 7) is 2.95. The Hall–Kier alpha value is -1.61. The van der Waals surface area contributed by atoms with Gasteiger partial charge >= 0.3 is 0 Å². The van der Waals surface area contributed by atoms with Gasteiger partial charge in [0.1, 0.15) is 5.75 Å². The molecule has 0 atom stereocenters. The van der Waals surface area contributed by atoms with Crippen LogP contribution in [0.3, 0.4) is 0 Å². The van der Waals surface area contributed by atoms with Crippen LogP contribution in [0.2, 0.25) is 0 Å². The van der Waals surface area contributed by atoms with Gasteiger partial charge in [-0.1, -0.05) is 39.0 Å². The normalized spacial score (nSPS) is 19.5. The summed E-state index contributed by atoms with van der Waals surface area (Å²) in [7, 11) is 0. The predicted octanol–water partition coefficient (Wildman–Crippen LogP) is 6.69. The molecule has 0 N–H and O–H groups in total. The predicted molar refractivity (Wildman–Crippen MR) is 117 cm³/mol. The fourth-order valence-corrected chi connectivity index (χ4v) is 4.33. The van der Waals surface area contributed by atoms with Gasteiger partial charge in [0.15, 0.2) is 0 Å². The number of benzene rings is 1. The summed E-state index contributed by atoms with van der Waals surface area (Å²) in [6.07, 6.45) is 11.1. The number of ether oxygens (including phenoxy) is 1. The Morgan fingerprint density at radius 1 is 0.929 bits per heavy atom. The molecule has 152 valence electrons. The number of nitrogens with zero attached hydrogens (tertiary/aromatic N) is 2. The third kappa shape index (κ3) is 6.48. The van der Waals surface area contributed by atoms with Crippen LogP contribution in [0.15, 0.2) is 36.4 Å². The number of aryl methyl sites for hydroxylation is 1. The zero-order valence-corrected chi connectivity index (χ0v) is 17.8. The minimum absolute atomic E-state index is 0.776. The van der Waals surface area contributed by atoms with E-state index in [0.29, 0.717) is 0 Å². The SMILES string of the molecule is CCCCOc1ccc(-c2ccc(CCC3CCC(CCCl)CC3)nn2)cc1. The molecule has 3 rings (SSSR count). The van der Waals surface area contributed by atoms with Gasteiger partial charge in [0.05, 0.1) is 18.0 Å². The minimum atomic E-state index is 0.776. The first-order valence-corrected chi connectivity index (χ1v) is 11.4. The van der Waals surface area contributed by atoms with Crippen molar-refractivity contribution in [1.82, 2.24) is 10.2 Å². The van der Waals surface area contributed by atoms with Crippen molar-refractivity contribution in [1.29, 1.82) is 0 Å². The quantitative estimate of drug-likeness (QED) is 0.329. The summed E-state index contributed by atoms with van der Waals surface area (Å²) in [5.74, 6) is 3.43. The zero-order valence-electron chi connectivity index (χ0n) is 17.1. The van der Waals surface area contributed by atoms with Crippen molar-refractivity contribution in [2.75, 3.05) is 12.5 Å². The third-order valence-electron chi connectivity index (χ3n) is 5.93. The van der Waals surface area contributed by atoms with Gasteiger partial charge in [0, 0.05) is 11.4 Å². The van der Waals surface area contributed by atoms with Crippen LogP contribution in [0.1, 0.15) is 64.0 Å². The smallest absolute Gasteiger partial charge is 0.119 e. The van der Waals surface area contributed by atoms with Crippen LogP contribution in [0.4, 0.5) is 0 Å². The Labute approximate surface area is 174 Å². The number of halogens is 1. The lowest BCUT2D eigenvalue weighted by molar-refractivity contribution is 0.259. The highest BCUT2D eigenvalue weighted by Crippen LogP contribution is 2.33. The molecule has 0 amide bonds. The number of rotatable bonds is 10. The lowest BCUT2D eigenvalue weighted by atomic mass is 9.79. The number of alkyl halides is 1. The Morgan fingerprint density at radius 2 is 1.64 bits per heavy atom. The monoisotopic (exact) mass is 400 g/mol. The highest BCUT2D eigenvalue weighted by molar-refractivity contribution is 6.17. The summed E-state index contributed by atoms with van der Waals surface area (Å²) in [5, 5.41) is 8.92. The Bertz CT molecular complexity index is 679. The molecule has 1 aliphatic carbocycles. The van der Waals surface area contributed by atoms with E-state index in [0.717, 1.165) is 66.3 Å². The van der Waals surface area contributed by atoms with Crippen molar-refractivity contribution in [2.45, 2.75) is 64.7 Å². The topological polar surface area (TPSA) is 35.0 Å². The molecule has 1 aliphatic rings. The van der Waals surface area contributed by atoms with E-state index in [9.17, 15) is 0 Å². The van der Waals surface area contributed by atoms with Crippen molar-refractivity contribution in [3.63, 3.8) is 0 Å². The molecule has 4 heteroatoms. The summed E-state index contributed by atoms with van der Waals surface area (Å²) in [4.78, 5) is 0. The molecule has 0 radical (unpaired) electrons. The summed E-state index contributed by atoms with van der Waals surface area (Å²) in [5.41, 5.74) is 3.11. The number of hydrogen-bond donors (Lipinski definition) is 0. The van der Waals surface area contributed by atoms with E-state index in [1.165, 1.54) is 38.5 Å². The Balaban J connectivity index is 1.46. The molecule has 0 unspecified atom stereocenters. The highest BCUT2D eigenvalue weighted by atomic mass is 35.5. The van der Waals surface area contributed by atoms with Crippen molar-refractivity contribution < 1.29 is 4.74 Å². The number of hydrogen-bond acceptors (Lipinski definition) is 3. The lowest BCUT2D eigenvalue weighted by Gasteiger charge is -2.28. The van der Waals surface area contributed by atoms with Crippen LogP contribution in [-0.4, -0.2) is 22.7 Å². The van der Waals surface area contributed by atoms with Crippen molar-refractivity contribution >= 4 is 11.6 Å². The second-order valence-corrected chi connectivity index (χ2v) is 8.42. The van der Waals surface area contributed by atoms with Gasteiger partial charge in [-0.25, -0.2) is 0 Å². The van der Waals surface area contributed by atoms with Gasteiger partial charge in [0.25, 0.3) is 0 Å². The van der Waals surface area contributed by atoms with Gasteiger partial charge in [-0.05, 0) is 73.9 Å². The molecular weight excluding hydrogens is 368 g/mol. The molecule has 1 saturated carbocycles. The van der Waals surface area contributed by atoms with Crippen molar-refractivity contribution in [3.8, 4) is 17.0 Å². The second-order valence-electron chi connectivity index (χ2n) is 8.04. The molecule has 0 spiro atoms. The van der Waals surface area contributed by atoms with Crippen LogP contribution in [-0.2, 0) is 6.42 Å². The summed E-state index contributed by atoms with van der Waals surface area (Å²) in [6, 6.07) is 12.4. The van der Waals surface area contributed by atoms with E-state index >= 15 is 0 Å². The van der Waals surface area contributed by atoms with Gasteiger partial charge in [-0.15, -0.1) is 11.6 Å². The van der Waals surface area contributed by atoms with Crippen LogP contribution in [0.5, 0.6) is 5.75 Å². The third-order valence-corrected chi connectivity index (χ3v) is 6.15. The van der Waals surface area contributed by atoms with Gasteiger partial charge in [0.2, 0.25) is 0 Å². The van der Waals surface area contributed by atoms with Gasteiger partial charge in [-0.2, -0.15) is 10.2 Å². The minimum Gasteiger partial charge on any atom is -0.494 e. The first kappa shape index (κ1) is 21.1. The first-order valence-electron chi connectivity index (χ1n) is 10.9. The van der Waals surface area contributed by atoms with Crippen LogP contribution >= 0.6 is 11.6 Å². The standard InChI is InChI=1S/C24H33ClN2O/c1-2-3-18-28-23-13-9-21(10-14-23)24-15-12-22(26-27-24)11-8-19-4-6-20(7-5-19)16-17-25/h9-10,12-15,19-20H,2-8,11,16-18H2,1H3. The Morgan fingerprint density at radius 3 is 2.25 bits per heavy atom. The van der Waals surface area contributed by atoms with E-state index in [2.05, 4.69) is 41.4 Å². The first-order chi connectivity index (χ1) is 13.8. The second kappa shape index (κ2) is 11.4. The van der Waals surface area contributed by atoms with Crippen molar-refractivity contribution in [3.05, 3.63) is 42.1 Å². The Kier molecular flexibility index (Phi) is 8.60. The molecule has 2 aromatic rings. The average Bonchev–Trinajstić information content (AvgIpc) is 2.75.